The van der Waals surface area contributed by atoms with Gasteiger partial charge >= 0.3 is 0 Å². The van der Waals surface area contributed by atoms with Gasteiger partial charge in [-0.05, 0) is 38.5 Å². The summed E-state index contributed by atoms with van der Waals surface area (Å²) in [6.07, 6.45) is 29.3. The van der Waals surface area contributed by atoms with Gasteiger partial charge in [0, 0.05) is 6.42 Å². The van der Waals surface area contributed by atoms with E-state index in [1.54, 1.807) is 0 Å². The number of unbranched alkanes of at least 4 members (excludes halogenated alkanes) is 30. The Kier molecular flexibility index (Phi) is 39.0. The van der Waals surface area contributed by atoms with Gasteiger partial charge in [0.15, 0.2) is 12.6 Å². The van der Waals surface area contributed by atoms with Gasteiger partial charge in [0.25, 0.3) is 0 Å². The Bertz CT molecular complexity index is 1210. The van der Waals surface area contributed by atoms with E-state index in [0.717, 1.165) is 64.2 Å². The van der Waals surface area contributed by atoms with E-state index >= 15 is 0 Å². The monoisotopic (exact) mass is 988 g/mol. The summed E-state index contributed by atoms with van der Waals surface area (Å²) in [5.74, 6) is -0.214. The van der Waals surface area contributed by atoms with Crippen LogP contribution in [0.4, 0.5) is 0 Å². The maximum absolute atomic E-state index is 13.2. The molecule has 2 aliphatic rings. The molecule has 69 heavy (non-hydrogen) atoms. The van der Waals surface area contributed by atoms with E-state index in [9.17, 15) is 45.6 Å². The number of carbonyl (C=O) groups is 1. The molecule has 9 N–H and O–H groups in total. The zero-order valence-electron chi connectivity index (χ0n) is 43.6. The number of rotatable bonds is 45. The number of aliphatic hydroxyl groups is 8. The standard InChI is InChI=1S/C55H105NO13/c1-3-5-7-9-11-13-15-17-18-19-20-21-22-23-24-25-27-28-30-32-34-36-38-44(59)43(56-47(60)39-37-35-33-31-29-26-16-14-12-10-8-6-4-2)42-66-54-52(65)50(63)53(46(41-58)68-54)69-55-51(64)49(62)48(61)45(40-57)67-55/h14,16,43-46,48-55,57-59,61-65H,3-13,15,17-42H2,1-2H3,(H,56,60)/b16-14-. The molecule has 408 valence electrons. The van der Waals surface area contributed by atoms with Gasteiger partial charge in [-0.3, -0.25) is 4.79 Å². The van der Waals surface area contributed by atoms with Crippen LogP contribution in [0.25, 0.3) is 0 Å². The number of hydrogen-bond acceptors (Lipinski definition) is 13. The Labute approximate surface area is 418 Å². The van der Waals surface area contributed by atoms with Crippen LogP contribution in [0, 0.1) is 0 Å². The fourth-order valence-corrected chi connectivity index (χ4v) is 9.59. The molecule has 0 bridgehead atoms. The second-order valence-corrected chi connectivity index (χ2v) is 20.4. The summed E-state index contributed by atoms with van der Waals surface area (Å²) in [7, 11) is 0. The van der Waals surface area contributed by atoms with Crippen LogP contribution in [-0.4, -0.2) is 140 Å². The number of nitrogens with one attached hydrogen (secondary N) is 1. The summed E-state index contributed by atoms with van der Waals surface area (Å²) < 4.78 is 22.8. The van der Waals surface area contributed by atoms with Crippen molar-refractivity contribution in [1.82, 2.24) is 5.32 Å². The van der Waals surface area contributed by atoms with E-state index in [4.69, 9.17) is 18.9 Å². The molecule has 12 atom stereocenters. The first-order chi connectivity index (χ1) is 33.6. The van der Waals surface area contributed by atoms with Crippen molar-refractivity contribution in [3.63, 3.8) is 0 Å². The molecule has 14 nitrogen and oxygen atoms in total. The number of allylic oxidation sites excluding steroid dienone is 2. The third-order valence-electron chi connectivity index (χ3n) is 14.2. The van der Waals surface area contributed by atoms with Crippen LogP contribution >= 0.6 is 0 Å². The van der Waals surface area contributed by atoms with Gasteiger partial charge in [0.1, 0.15) is 48.8 Å². The minimum Gasteiger partial charge on any atom is -0.394 e. The highest BCUT2D eigenvalue weighted by Crippen LogP contribution is 2.30. The quantitative estimate of drug-likeness (QED) is 0.0206. The normalized spacial score (nSPS) is 26.2. The Balaban J connectivity index is 1.76. The molecule has 14 heteroatoms. The van der Waals surface area contributed by atoms with Gasteiger partial charge in [-0.25, -0.2) is 0 Å². The van der Waals surface area contributed by atoms with E-state index in [0.29, 0.717) is 19.3 Å². The Hall–Kier alpha value is -1.27. The van der Waals surface area contributed by atoms with Crippen molar-refractivity contribution in [1.29, 1.82) is 0 Å². The van der Waals surface area contributed by atoms with Crippen molar-refractivity contribution in [3.8, 4) is 0 Å². The molecular weight excluding hydrogens is 883 g/mol. The number of aliphatic hydroxyl groups excluding tert-OH is 8. The Morgan fingerprint density at radius 3 is 1.39 bits per heavy atom. The molecule has 2 heterocycles. The SMILES string of the molecule is CCCCCC/C=C\CCCCCCCC(=O)NC(COC1OC(CO)C(OC2OC(CO)C(O)C(O)C2O)C(O)C1O)C(O)CCCCCCCCCCCCCCCCCCCCCCCC. The van der Waals surface area contributed by atoms with Crippen LogP contribution in [0.15, 0.2) is 12.2 Å². The van der Waals surface area contributed by atoms with Crippen LogP contribution < -0.4 is 5.32 Å². The van der Waals surface area contributed by atoms with Crippen molar-refractivity contribution in [2.45, 2.75) is 312 Å². The molecule has 2 aliphatic heterocycles. The lowest BCUT2D eigenvalue weighted by atomic mass is 9.97. The minimum absolute atomic E-state index is 0.214. The zero-order chi connectivity index (χ0) is 50.3. The minimum atomic E-state index is -1.78. The maximum atomic E-state index is 13.2. The lowest BCUT2D eigenvalue weighted by Gasteiger charge is -2.46. The molecular formula is C55H105NO13. The molecule has 0 aromatic rings. The second-order valence-electron chi connectivity index (χ2n) is 20.4. The first kappa shape index (κ1) is 63.8. The molecule has 2 rings (SSSR count). The van der Waals surface area contributed by atoms with E-state index < -0.39 is 86.8 Å². The summed E-state index contributed by atoms with van der Waals surface area (Å²) in [6.45, 7) is 2.85. The van der Waals surface area contributed by atoms with E-state index in [1.165, 1.54) is 141 Å². The van der Waals surface area contributed by atoms with Gasteiger partial charge in [-0.2, -0.15) is 0 Å². The fourth-order valence-electron chi connectivity index (χ4n) is 9.59. The van der Waals surface area contributed by atoms with Crippen LogP contribution in [0.3, 0.4) is 0 Å². The molecule has 2 fully saturated rings. The van der Waals surface area contributed by atoms with Gasteiger partial charge in [-0.15, -0.1) is 0 Å². The highest BCUT2D eigenvalue weighted by Gasteiger charge is 2.51. The maximum Gasteiger partial charge on any atom is 0.220 e. The number of carbonyl (C=O) groups excluding carboxylic acids is 1. The van der Waals surface area contributed by atoms with E-state index in [2.05, 4.69) is 31.3 Å². The number of hydrogen-bond donors (Lipinski definition) is 9. The van der Waals surface area contributed by atoms with Crippen LogP contribution in [0.1, 0.15) is 239 Å². The van der Waals surface area contributed by atoms with Gasteiger partial charge in [0.05, 0.1) is 32.0 Å². The molecule has 12 unspecified atom stereocenters. The van der Waals surface area contributed by atoms with Crippen LogP contribution in [0.5, 0.6) is 0 Å². The van der Waals surface area contributed by atoms with Crippen molar-refractivity contribution >= 4 is 5.91 Å². The molecule has 0 aromatic heterocycles. The van der Waals surface area contributed by atoms with Gasteiger partial charge < -0.3 is 65.1 Å². The summed E-state index contributed by atoms with van der Waals surface area (Å²) >= 11 is 0. The van der Waals surface area contributed by atoms with Crippen molar-refractivity contribution < 1.29 is 64.6 Å². The first-order valence-electron chi connectivity index (χ1n) is 28.4. The first-order valence-corrected chi connectivity index (χ1v) is 28.4. The second kappa shape index (κ2) is 42.1. The highest BCUT2D eigenvalue weighted by atomic mass is 16.7. The van der Waals surface area contributed by atoms with Crippen molar-refractivity contribution in [2.75, 3.05) is 19.8 Å². The van der Waals surface area contributed by atoms with Crippen LogP contribution in [0.2, 0.25) is 0 Å². The average Bonchev–Trinajstić information content (AvgIpc) is 3.35. The molecule has 0 aliphatic carbocycles. The Morgan fingerprint density at radius 1 is 0.507 bits per heavy atom. The van der Waals surface area contributed by atoms with Gasteiger partial charge in [0.2, 0.25) is 5.91 Å². The van der Waals surface area contributed by atoms with Crippen LogP contribution in [-0.2, 0) is 23.7 Å². The summed E-state index contributed by atoms with van der Waals surface area (Å²) in [5.41, 5.74) is 0. The van der Waals surface area contributed by atoms with E-state index in [-0.39, 0.29) is 12.5 Å². The van der Waals surface area contributed by atoms with Crippen molar-refractivity contribution in [3.05, 3.63) is 12.2 Å². The predicted molar refractivity (Wildman–Crippen MR) is 272 cm³/mol. The van der Waals surface area contributed by atoms with E-state index in [1.807, 2.05) is 0 Å². The largest absolute Gasteiger partial charge is 0.394 e. The highest BCUT2D eigenvalue weighted by molar-refractivity contribution is 5.76. The lowest BCUT2D eigenvalue weighted by molar-refractivity contribution is -0.359. The zero-order valence-corrected chi connectivity index (χ0v) is 43.6. The molecule has 0 spiro atoms. The predicted octanol–water partition coefficient (Wildman–Crippen LogP) is 8.72. The molecule has 1 amide bonds. The third-order valence-corrected chi connectivity index (χ3v) is 14.2. The summed E-state index contributed by atoms with van der Waals surface area (Å²) in [5, 5.41) is 87.1. The van der Waals surface area contributed by atoms with Gasteiger partial charge in [-0.1, -0.05) is 206 Å². The summed E-state index contributed by atoms with van der Waals surface area (Å²) in [4.78, 5) is 13.2. The molecule has 0 aromatic carbocycles. The third kappa shape index (κ3) is 28.7. The molecule has 2 saturated heterocycles. The lowest BCUT2D eigenvalue weighted by Crippen LogP contribution is -2.65. The topological polar surface area (TPSA) is 228 Å². The smallest absolute Gasteiger partial charge is 0.220 e. The van der Waals surface area contributed by atoms with Crippen molar-refractivity contribution in [2.24, 2.45) is 0 Å². The molecule has 0 saturated carbocycles. The average molecular weight is 988 g/mol. The summed E-state index contributed by atoms with van der Waals surface area (Å²) in [6, 6.07) is -0.829. The molecule has 0 radical (unpaired) electrons. The fraction of sp³-hybridized carbons (Fsp3) is 0.945. The number of ether oxygens (including phenoxy) is 4. The Morgan fingerprint density at radius 2 is 0.913 bits per heavy atom. The number of amides is 1.